The molecule has 0 saturated carbocycles. The molecule has 1 aromatic heterocycles. The second-order valence-corrected chi connectivity index (χ2v) is 6.52. The Morgan fingerprint density at radius 2 is 1.88 bits per heavy atom. The van der Waals surface area contributed by atoms with Gasteiger partial charge in [-0.1, -0.05) is 48.5 Å². The van der Waals surface area contributed by atoms with Gasteiger partial charge in [-0.3, -0.25) is 4.98 Å². The van der Waals surface area contributed by atoms with Crippen LogP contribution in [-0.2, 0) is 10.3 Å². The maximum atomic E-state index is 9.61. The van der Waals surface area contributed by atoms with Crippen LogP contribution in [0.5, 0.6) is 0 Å². The molecule has 2 aromatic carbocycles. The summed E-state index contributed by atoms with van der Waals surface area (Å²) in [5, 5.41) is 10.6. The van der Waals surface area contributed by atoms with Gasteiger partial charge in [0, 0.05) is 18.1 Å². The Bertz CT molecular complexity index is 948. The highest BCUT2D eigenvalue weighted by Crippen LogP contribution is 2.36. The van der Waals surface area contributed by atoms with Crippen LogP contribution in [0.1, 0.15) is 18.1 Å². The third kappa shape index (κ3) is 2.73. The number of benzene rings is 2. The molecule has 1 fully saturated rings. The summed E-state index contributed by atoms with van der Waals surface area (Å²) in [7, 11) is 0. The SMILES string of the molecule is CC1(c2ccccc2)CN(c2c(C#N)cnc3ccccc23)CCO1. The quantitative estimate of drug-likeness (QED) is 0.716. The fourth-order valence-electron chi connectivity index (χ4n) is 3.58. The Kier molecular flexibility index (Phi) is 3.87. The first-order valence-electron chi connectivity index (χ1n) is 8.43. The Hall–Kier alpha value is -2.90. The highest BCUT2D eigenvalue weighted by molar-refractivity contribution is 5.94. The van der Waals surface area contributed by atoms with Crippen LogP contribution >= 0.6 is 0 Å². The van der Waals surface area contributed by atoms with Crippen LogP contribution in [0.2, 0.25) is 0 Å². The number of pyridine rings is 1. The molecular formula is C21H19N3O. The number of aromatic nitrogens is 1. The largest absolute Gasteiger partial charge is 0.367 e. The molecule has 0 spiro atoms. The maximum absolute atomic E-state index is 9.61. The van der Waals surface area contributed by atoms with E-state index in [0.29, 0.717) is 18.7 Å². The molecule has 25 heavy (non-hydrogen) atoms. The first-order chi connectivity index (χ1) is 12.2. The van der Waals surface area contributed by atoms with Crippen molar-refractivity contribution in [3.05, 3.63) is 71.9 Å². The van der Waals surface area contributed by atoms with E-state index in [0.717, 1.165) is 28.7 Å². The molecule has 1 atom stereocenters. The zero-order valence-corrected chi connectivity index (χ0v) is 14.1. The number of nitriles is 1. The average Bonchev–Trinajstić information content (AvgIpc) is 2.67. The van der Waals surface area contributed by atoms with Crippen LogP contribution in [0, 0.1) is 11.3 Å². The number of anilines is 1. The van der Waals surface area contributed by atoms with Gasteiger partial charge in [-0.25, -0.2) is 0 Å². The lowest BCUT2D eigenvalue weighted by molar-refractivity contribution is -0.0465. The zero-order valence-electron chi connectivity index (χ0n) is 14.1. The van der Waals surface area contributed by atoms with Crippen LogP contribution < -0.4 is 4.90 Å². The van der Waals surface area contributed by atoms with Gasteiger partial charge in [-0.2, -0.15) is 5.26 Å². The predicted octanol–water partition coefficient (Wildman–Crippen LogP) is 3.86. The van der Waals surface area contributed by atoms with Crippen molar-refractivity contribution in [2.75, 3.05) is 24.6 Å². The van der Waals surface area contributed by atoms with Crippen molar-refractivity contribution in [2.45, 2.75) is 12.5 Å². The lowest BCUT2D eigenvalue weighted by atomic mass is 9.93. The Labute approximate surface area is 147 Å². The molecular weight excluding hydrogens is 310 g/mol. The fraction of sp³-hybridized carbons (Fsp3) is 0.238. The van der Waals surface area contributed by atoms with E-state index in [4.69, 9.17) is 4.74 Å². The summed E-state index contributed by atoms with van der Waals surface area (Å²) in [4.78, 5) is 6.68. The Morgan fingerprint density at radius 3 is 2.68 bits per heavy atom. The molecule has 1 aliphatic heterocycles. The molecule has 3 aromatic rings. The Morgan fingerprint density at radius 1 is 1.12 bits per heavy atom. The number of para-hydroxylation sites is 1. The van der Waals surface area contributed by atoms with Gasteiger partial charge in [0.2, 0.25) is 0 Å². The van der Waals surface area contributed by atoms with Gasteiger partial charge in [-0.15, -0.1) is 0 Å². The molecule has 0 N–H and O–H groups in total. The smallest absolute Gasteiger partial charge is 0.108 e. The van der Waals surface area contributed by atoms with Crippen LogP contribution in [0.15, 0.2) is 60.8 Å². The van der Waals surface area contributed by atoms with Crippen molar-refractivity contribution in [3.63, 3.8) is 0 Å². The summed E-state index contributed by atoms with van der Waals surface area (Å²) in [6, 6.07) is 20.6. The van der Waals surface area contributed by atoms with E-state index in [2.05, 4.69) is 35.0 Å². The molecule has 0 amide bonds. The monoisotopic (exact) mass is 329 g/mol. The van der Waals surface area contributed by atoms with Crippen molar-refractivity contribution in [1.29, 1.82) is 5.26 Å². The summed E-state index contributed by atoms with van der Waals surface area (Å²) >= 11 is 0. The first kappa shape index (κ1) is 15.6. The minimum absolute atomic E-state index is 0.406. The average molecular weight is 329 g/mol. The van der Waals surface area contributed by atoms with Crippen molar-refractivity contribution < 1.29 is 4.74 Å². The highest BCUT2D eigenvalue weighted by Gasteiger charge is 2.35. The minimum atomic E-state index is -0.406. The third-order valence-corrected chi connectivity index (χ3v) is 4.84. The van der Waals surface area contributed by atoms with Gasteiger partial charge in [0.15, 0.2) is 0 Å². The summed E-state index contributed by atoms with van der Waals surface area (Å²) < 4.78 is 6.15. The number of hydrogen-bond acceptors (Lipinski definition) is 4. The summed E-state index contributed by atoms with van der Waals surface area (Å²) in [5.41, 5.74) is 3.21. The standard InChI is InChI=1S/C21H19N3O/c1-21(17-7-3-2-4-8-17)15-24(11-12-25-21)20-16(13-22)14-23-19-10-6-5-9-18(19)20/h2-10,14H,11-12,15H2,1H3. The van der Waals surface area contributed by atoms with Gasteiger partial charge >= 0.3 is 0 Å². The number of morpholine rings is 1. The van der Waals surface area contributed by atoms with E-state index in [-0.39, 0.29) is 0 Å². The third-order valence-electron chi connectivity index (χ3n) is 4.84. The van der Waals surface area contributed by atoms with Gasteiger partial charge in [0.1, 0.15) is 11.7 Å². The van der Waals surface area contributed by atoms with Gasteiger partial charge < -0.3 is 9.64 Å². The number of nitrogens with zero attached hydrogens (tertiary/aromatic N) is 3. The molecule has 124 valence electrons. The van der Waals surface area contributed by atoms with E-state index in [1.54, 1.807) is 6.20 Å². The summed E-state index contributed by atoms with van der Waals surface area (Å²) in [6.07, 6.45) is 1.67. The molecule has 4 rings (SSSR count). The maximum Gasteiger partial charge on any atom is 0.108 e. The molecule has 0 radical (unpaired) electrons. The van der Waals surface area contributed by atoms with Gasteiger partial charge in [0.05, 0.1) is 29.9 Å². The highest BCUT2D eigenvalue weighted by atomic mass is 16.5. The lowest BCUT2D eigenvalue weighted by Gasteiger charge is -2.42. The van der Waals surface area contributed by atoms with Crippen LogP contribution in [-0.4, -0.2) is 24.7 Å². The van der Waals surface area contributed by atoms with Crippen molar-refractivity contribution >= 4 is 16.6 Å². The van der Waals surface area contributed by atoms with Crippen molar-refractivity contribution in [1.82, 2.24) is 4.98 Å². The molecule has 2 heterocycles. The minimum Gasteiger partial charge on any atom is -0.367 e. The van der Waals surface area contributed by atoms with E-state index in [1.807, 2.05) is 42.5 Å². The molecule has 1 unspecified atom stereocenters. The zero-order chi connectivity index (χ0) is 17.3. The predicted molar refractivity (Wildman–Crippen MR) is 98.4 cm³/mol. The molecule has 1 saturated heterocycles. The van der Waals surface area contributed by atoms with Crippen LogP contribution in [0.3, 0.4) is 0 Å². The van der Waals surface area contributed by atoms with Gasteiger partial charge in [-0.05, 0) is 18.6 Å². The van der Waals surface area contributed by atoms with Crippen LogP contribution in [0.25, 0.3) is 10.9 Å². The number of rotatable bonds is 2. The van der Waals surface area contributed by atoms with Crippen LogP contribution in [0.4, 0.5) is 5.69 Å². The summed E-state index contributed by atoms with van der Waals surface area (Å²) in [5.74, 6) is 0. The summed E-state index contributed by atoms with van der Waals surface area (Å²) in [6.45, 7) is 4.18. The fourth-order valence-corrected chi connectivity index (χ4v) is 3.58. The van der Waals surface area contributed by atoms with Gasteiger partial charge in [0.25, 0.3) is 0 Å². The molecule has 1 aliphatic rings. The topological polar surface area (TPSA) is 49.2 Å². The van der Waals surface area contributed by atoms with E-state index < -0.39 is 5.60 Å². The number of ether oxygens (including phenoxy) is 1. The lowest BCUT2D eigenvalue weighted by Crippen LogP contribution is -2.48. The van der Waals surface area contributed by atoms with E-state index in [9.17, 15) is 5.26 Å². The molecule has 4 nitrogen and oxygen atoms in total. The molecule has 0 bridgehead atoms. The van der Waals surface area contributed by atoms with E-state index in [1.165, 1.54) is 0 Å². The number of fused-ring (bicyclic) bond motifs is 1. The molecule has 4 heteroatoms. The van der Waals surface area contributed by atoms with Crippen molar-refractivity contribution in [2.24, 2.45) is 0 Å². The normalized spacial score (nSPS) is 20.4. The van der Waals surface area contributed by atoms with Crippen molar-refractivity contribution in [3.8, 4) is 6.07 Å². The number of hydrogen-bond donors (Lipinski definition) is 0. The first-order valence-corrected chi connectivity index (χ1v) is 8.43. The Balaban J connectivity index is 1.80. The second kappa shape index (κ2) is 6.19. The second-order valence-electron chi connectivity index (χ2n) is 6.52. The molecule has 0 aliphatic carbocycles. The van der Waals surface area contributed by atoms with E-state index >= 15 is 0 Å².